The molecule has 0 radical (unpaired) electrons. The summed E-state index contributed by atoms with van der Waals surface area (Å²) >= 11 is 0. The van der Waals surface area contributed by atoms with Crippen LogP contribution in [0.5, 0.6) is 0 Å². The van der Waals surface area contributed by atoms with Gasteiger partial charge in [-0.25, -0.2) is 14.3 Å². The van der Waals surface area contributed by atoms with Crippen molar-refractivity contribution < 1.29 is 9.59 Å². The first-order valence-electron chi connectivity index (χ1n) is 15.7. The highest BCUT2D eigenvalue weighted by molar-refractivity contribution is 6.04. The van der Waals surface area contributed by atoms with Crippen molar-refractivity contribution >= 4 is 23.3 Å². The largest absolute Gasteiger partial charge is 0.382 e. The summed E-state index contributed by atoms with van der Waals surface area (Å²) in [5.41, 5.74) is 11.2. The van der Waals surface area contributed by atoms with E-state index in [1.54, 1.807) is 45.2 Å². The Morgan fingerprint density at radius 1 is 1.02 bits per heavy atom. The number of hydrogen-bond donors (Lipinski definition) is 4. The summed E-state index contributed by atoms with van der Waals surface area (Å²) in [6, 6.07) is 13.6. The maximum absolute atomic E-state index is 13.4. The first-order chi connectivity index (χ1) is 22.4. The summed E-state index contributed by atoms with van der Waals surface area (Å²) in [6.07, 6.45) is 4.33. The summed E-state index contributed by atoms with van der Waals surface area (Å²) < 4.78 is 4.07. The van der Waals surface area contributed by atoms with Crippen molar-refractivity contribution in [2.24, 2.45) is 11.7 Å². The predicted molar refractivity (Wildman–Crippen MR) is 182 cm³/mol. The Bertz CT molecular complexity index is 1910. The number of benzene rings is 1. The molecule has 3 aromatic heterocycles. The van der Waals surface area contributed by atoms with Crippen LogP contribution >= 0.6 is 0 Å². The van der Waals surface area contributed by atoms with E-state index in [0.29, 0.717) is 24.5 Å². The molecule has 1 aromatic carbocycles. The number of hydrogen-bond acceptors (Lipinski definition) is 7. The van der Waals surface area contributed by atoms with E-state index in [0.717, 1.165) is 34.2 Å². The van der Waals surface area contributed by atoms with E-state index in [1.165, 1.54) is 23.0 Å². The highest BCUT2D eigenvalue weighted by atomic mass is 16.2. The van der Waals surface area contributed by atoms with Gasteiger partial charge >= 0.3 is 5.69 Å². The number of nitrogens with two attached hydrogens (primary N) is 1. The Morgan fingerprint density at radius 3 is 2.26 bits per heavy atom. The number of amides is 2. The van der Waals surface area contributed by atoms with E-state index in [4.69, 9.17) is 11.1 Å². The molecule has 4 heterocycles. The molecule has 1 aliphatic heterocycles. The van der Waals surface area contributed by atoms with Gasteiger partial charge in [0, 0.05) is 67.4 Å². The number of amidine groups is 1. The quantitative estimate of drug-likeness (QED) is 0.160. The maximum atomic E-state index is 13.4. The monoisotopic (exact) mass is 639 g/mol. The second kappa shape index (κ2) is 13.5. The number of carbonyl (C=O) groups is 2. The van der Waals surface area contributed by atoms with Crippen molar-refractivity contribution in [1.82, 2.24) is 23.7 Å². The molecule has 13 heteroatoms. The lowest BCUT2D eigenvalue weighted by molar-refractivity contribution is -0.135. The molecule has 47 heavy (non-hydrogen) atoms. The molecule has 0 spiro atoms. The van der Waals surface area contributed by atoms with Crippen LogP contribution in [0.1, 0.15) is 74.2 Å². The third kappa shape index (κ3) is 6.46. The van der Waals surface area contributed by atoms with Gasteiger partial charge in [-0.3, -0.25) is 29.0 Å². The molecule has 13 nitrogen and oxygen atoms in total. The van der Waals surface area contributed by atoms with Gasteiger partial charge in [0.05, 0.1) is 0 Å². The molecule has 0 unspecified atom stereocenters. The number of pyridine rings is 1. The Kier molecular flexibility index (Phi) is 9.45. The minimum absolute atomic E-state index is 0.0449. The van der Waals surface area contributed by atoms with E-state index in [2.05, 4.69) is 15.7 Å². The number of piperidine rings is 1. The average molecular weight is 640 g/mol. The fourth-order valence-corrected chi connectivity index (χ4v) is 6.04. The zero-order valence-electron chi connectivity index (χ0n) is 27.3. The Labute approximate surface area is 272 Å². The van der Waals surface area contributed by atoms with E-state index >= 15 is 0 Å². The van der Waals surface area contributed by atoms with Crippen LogP contribution in [0.25, 0.3) is 16.9 Å². The molecular formula is C34H41N9O4. The number of carbonyl (C=O) groups excluding carboxylic acids is 2. The number of nitrogen functional groups attached to an aromatic ring is 1. The van der Waals surface area contributed by atoms with Gasteiger partial charge < -0.3 is 21.4 Å². The summed E-state index contributed by atoms with van der Waals surface area (Å²) in [4.78, 5) is 58.5. The lowest BCUT2D eigenvalue weighted by atomic mass is 9.92. The van der Waals surface area contributed by atoms with Crippen molar-refractivity contribution in [1.29, 1.82) is 5.41 Å². The van der Waals surface area contributed by atoms with Crippen molar-refractivity contribution in [2.45, 2.75) is 52.5 Å². The molecule has 0 atom stereocenters. The van der Waals surface area contributed by atoms with Crippen LogP contribution < -0.4 is 27.7 Å². The topological polar surface area (TPSA) is 173 Å². The molecular weight excluding hydrogens is 598 g/mol. The predicted octanol–water partition coefficient (Wildman–Crippen LogP) is 3.52. The molecule has 0 bridgehead atoms. The number of rotatable bonds is 9. The van der Waals surface area contributed by atoms with Gasteiger partial charge in [0.1, 0.15) is 22.9 Å². The van der Waals surface area contributed by atoms with E-state index in [9.17, 15) is 19.2 Å². The van der Waals surface area contributed by atoms with Crippen LogP contribution in [0.15, 0.2) is 70.5 Å². The zero-order chi connectivity index (χ0) is 34.0. The molecule has 0 saturated carbocycles. The molecule has 0 aliphatic carbocycles. The Balaban J connectivity index is 1.43. The second-order valence-corrected chi connectivity index (χ2v) is 12.2. The molecule has 2 amide bonds. The van der Waals surface area contributed by atoms with Gasteiger partial charge in [-0.05, 0) is 62.6 Å². The molecule has 5 rings (SSSR count). The van der Waals surface area contributed by atoms with Gasteiger partial charge in [0.25, 0.3) is 11.5 Å². The van der Waals surface area contributed by atoms with Crippen LogP contribution in [0.3, 0.4) is 0 Å². The first kappa shape index (κ1) is 32.9. The van der Waals surface area contributed by atoms with Crippen LogP contribution in [0.4, 0.5) is 5.69 Å². The van der Waals surface area contributed by atoms with E-state index in [1.807, 2.05) is 41.6 Å². The lowest BCUT2D eigenvalue weighted by Crippen LogP contribution is -2.43. The number of anilines is 1. The second-order valence-electron chi connectivity index (χ2n) is 12.2. The average Bonchev–Trinajstić information content (AvgIpc) is 3.45. The SMILES string of the molecule is CNn1c(C2CCN(C(=O)C(C)C)CC2)cc(-c2ccc(NC(=O)c3cn(C(C)C)c(=O)n(-c4ccccn4)c3=O)cc2)c1C(=N)N. The maximum Gasteiger partial charge on any atom is 0.337 e. The fourth-order valence-electron chi connectivity index (χ4n) is 6.04. The summed E-state index contributed by atoms with van der Waals surface area (Å²) in [7, 11) is 1.78. The summed E-state index contributed by atoms with van der Waals surface area (Å²) in [6.45, 7) is 8.72. The number of nitrogens with one attached hydrogen (secondary N) is 3. The Hall–Kier alpha value is -5.46. The fraction of sp³-hybridized carbons (Fsp3) is 0.353. The lowest BCUT2D eigenvalue weighted by Gasteiger charge is -2.33. The number of nitrogens with zero attached hydrogens (tertiary/aromatic N) is 5. The number of likely N-dealkylation sites (tertiary alicyclic amines) is 1. The van der Waals surface area contributed by atoms with Crippen molar-refractivity contribution in [3.63, 3.8) is 0 Å². The van der Waals surface area contributed by atoms with Crippen LogP contribution in [0, 0.1) is 11.3 Å². The minimum atomic E-state index is -0.772. The van der Waals surface area contributed by atoms with E-state index in [-0.39, 0.29) is 41.0 Å². The molecule has 5 N–H and O–H groups in total. The highest BCUT2D eigenvalue weighted by Crippen LogP contribution is 2.35. The number of aromatic nitrogens is 4. The molecule has 246 valence electrons. The van der Waals surface area contributed by atoms with Crippen LogP contribution in [-0.2, 0) is 4.79 Å². The Morgan fingerprint density at radius 2 is 1.70 bits per heavy atom. The van der Waals surface area contributed by atoms with Crippen LogP contribution in [0.2, 0.25) is 0 Å². The van der Waals surface area contributed by atoms with Crippen molar-refractivity contribution in [2.75, 3.05) is 30.9 Å². The van der Waals surface area contributed by atoms with Gasteiger partial charge in [-0.1, -0.05) is 32.0 Å². The van der Waals surface area contributed by atoms with Gasteiger partial charge in [-0.2, -0.15) is 0 Å². The van der Waals surface area contributed by atoms with Crippen molar-refractivity contribution in [3.8, 4) is 16.9 Å². The van der Waals surface area contributed by atoms with Crippen molar-refractivity contribution in [3.05, 3.63) is 98.7 Å². The zero-order valence-corrected chi connectivity index (χ0v) is 27.3. The van der Waals surface area contributed by atoms with Gasteiger partial charge in [-0.15, -0.1) is 0 Å². The van der Waals surface area contributed by atoms with E-state index < -0.39 is 17.2 Å². The molecule has 1 saturated heterocycles. The summed E-state index contributed by atoms with van der Waals surface area (Å²) in [5.74, 6) is -0.373. The minimum Gasteiger partial charge on any atom is -0.382 e. The van der Waals surface area contributed by atoms with Crippen LogP contribution in [-0.4, -0.2) is 61.5 Å². The van der Waals surface area contributed by atoms with Gasteiger partial charge in [0.15, 0.2) is 0 Å². The molecule has 1 aliphatic rings. The highest BCUT2D eigenvalue weighted by Gasteiger charge is 2.29. The smallest absolute Gasteiger partial charge is 0.337 e. The third-order valence-corrected chi connectivity index (χ3v) is 8.47. The summed E-state index contributed by atoms with van der Waals surface area (Å²) in [5, 5.41) is 11.1. The normalized spacial score (nSPS) is 13.6. The third-order valence-electron chi connectivity index (χ3n) is 8.47. The molecule has 1 fully saturated rings. The molecule has 4 aromatic rings. The first-order valence-corrected chi connectivity index (χ1v) is 15.7. The van der Waals surface area contributed by atoms with Gasteiger partial charge in [0.2, 0.25) is 5.91 Å². The standard InChI is InChI=1S/C34H41N9O4/c1-20(2)32(45)40-16-13-23(14-17-40)27-18-25(29(30(35)36)43(27)37-5)22-9-11-24(12-10-22)39-31(44)26-19-41(21(3)4)34(47)42(33(26)46)28-8-6-7-15-38-28/h6-12,15,18-21,23,37H,13-14,16-17H2,1-5H3,(H3,35,36)(H,39,44).